The number of carboxylic acid groups (broad SMARTS) is 2. The number of aliphatic hydroxyl groups excluding tert-OH is 1. The average Bonchev–Trinajstić information content (AvgIpc) is 2.84. The molecule has 0 spiro atoms. The fourth-order valence-corrected chi connectivity index (χ4v) is 3.31. The molecule has 1 aromatic rings. The Labute approximate surface area is 214 Å². The lowest BCUT2D eigenvalue weighted by Gasteiger charge is -2.28. The molecule has 6 atom stereocenters. The molecular formula is C24H36N4O9. The van der Waals surface area contributed by atoms with Gasteiger partial charge in [0.05, 0.1) is 6.10 Å². The highest BCUT2D eigenvalue weighted by atomic mass is 16.4. The van der Waals surface area contributed by atoms with Gasteiger partial charge < -0.3 is 42.1 Å². The molecule has 206 valence electrons. The van der Waals surface area contributed by atoms with E-state index in [0.717, 1.165) is 0 Å². The number of aromatic hydroxyl groups is 1. The lowest BCUT2D eigenvalue weighted by molar-refractivity contribution is -0.143. The normalized spacial score (nSPS) is 15.8. The van der Waals surface area contributed by atoms with Gasteiger partial charge in [-0.05, 0) is 37.0 Å². The smallest absolute Gasteiger partial charge is 0.326 e. The quantitative estimate of drug-likeness (QED) is 0.141. The lowest BCUT2D eigenvalue weighted by Crippen LogP contribution is -2.59. The van der Waals surface area contributed by atoms with Gasteiger partial charge in [-0.15, -0.1) is 0 Å². The van der Waals surface area contributed by atoms with Crippen molar-refractivity contribution < 1.29 is 44.4 Å². The van der Waals surface area contributed by atoms with Gasteiger partial charge in [0.15, 0.2) is 0 Å². The number of phenolic OH excluding ortho intramolecular Hbond substituents is 1. The SMILES string of the molecule is CCC(C)C(NC(=O)C(Cc1ccc(O)cc1)NC(=O)C(N)C(C)O)C(=O)NC(CCC(=O)O)C(=O)O. The van der Waals surface area contributed by atoms with E-state index in [0.29, 0.717) is 12.0 Å². The summed E-state index contributed by atoms with van der Waals surface area (Å²) < 4.78 is 0. The van der Waals surface area contributed by atoms with Crippen LogP contribution in [0.3, 0.4) is 0 Å². The maximum Gasteiger partial charge on any atom is 0.326 e. The van der Waals surface area contributed by atoms with E-state index in [9.17, 15) is 39.3 Å². The molecular weight excluding hydrogens is 488 g/mol. The van der Waals surface area contributed by atoms with Gasteiger partial charge in [0.25, 0.3) is 0 Å². The summed E-state index contributed by atoms with van der Waals surface area (Å²) in [4.78, 5) is 61.1. The number of carboxylic acids is 2. The highest BCUT2D eigenvalue weighted by Gasteiger charge is 2.33. The molecule has 1 aromatic carbocycles. The van der Waals surface area contributed by atoms with E-state index in [-0.39, 0.29) is 18.6 Å². The van der Waals surface area contributed by atoms with Crippen molar-refractivity contribution in [2.75, 3.05) is 0 Å². The van der Waals surface area contributed by atoms with Crippen molar-refractivity contribution in [2.45, 2.75) is 76.7 Å². The third-order valence-electron chi connectivity index (χ3n) is 5.89. The van der Waals surface area contributed by atoms with Crippen LogP contribution in [-0.2, 0) is 30.4 Å². The second-order valence-corrected chi connectivity index (χ2v) is 8.90. The Kier molecular flexibility index (Phi) is 12.5. The Hall–Kier alpha value is -3.71. The summed E-state index contributed by atoms with van der Waals surface area (Å²) in [5.74, 6) is -5.51. The van der Waals surface area contributed by atoms with E-state index in [1.54, 1.807) is 13.8 Å². The minimum Gasteiger partial charge on any atom is -0.508 e. The van der Waals surface area contributed by atoms with Crippen molar-refractivity contribution in [3.05, 3.63) is 29.8 Å². The largest absolute Gasteiger partial charge is 0.508 e. The maximum absolute atomic E-state index is 13.3. The van der Waals surface area contributed by atoms with E-state index < -0.39 is 72.3 Å². The van der Waals surface area contributed by atoms with Gasteiger partial charge in [-0.2, -0.15) is 0 Å². The zero-order chi connectivity index (χ0) is 28.3. The van der Waals surface area contributed by atoms with Crippen LogP contribution in [0, 0.1) is 5.92 Å². The standard InChI is InChI=1S/C24H36N4O9/c1-4-12(2)20(23(35)26-16(24(36)37)9-10-18(31)32)28-21(33)17(27-22(34)19(25)13(3)29)11-14-5-7-15(30)8-6-14/h5-8,12-13,16-17,19-20,29-30H,4,9-11,25H2,1-3H3,(H,26,35)(H,27,34)(H,28,33)(H,31,32)(H,36,37). The van der Waals surface area contributed by atoms with Gasteiger partial charge in [-0.1, -0.05) is 32.4 Å². The number of nitrogens with one attached hydrogen (secondary N) is 3. The zero-order valence-electron chi connectivity index (χ0n) is 21.0. The van der Waals surface area contributed by atoms with Crippen LogP contribution in [0.5, 0.6) is 5.75 Å². The van der Waals surface area contributed by atoms with Gasteiger partial charge in [-0.3, -0.25) is 19.2 Å². The first kappa shape index (κ1) is 31.3. The zero-order valence-corrected chi connectivity index (χ0v) is 21.0. The van der Waals surface area contributed by atoms with Crippen LogP contribution in [-0.4, -0.2) is 80.4 Å². The van der Waals surface area contributed by atoms with Gasteiger partial charge >= 0.3 is 11.9 Å². The predicted molar refractivity (Wildman–Crippen MR) is 131 cm³/mol. The third-order valence-corrected chi connectivity index (χ3v) is 5.89. The number of carbonyl (C=O) groups is 5. The van der Waals surface area contributed by atoms with Gasteiger partial charge in [0.1, 0.15) is 29.9 Å². The van der Waals surface area contributed by atoms with Crippen LogP contribution < -0.4 is 21.7 Å². The molecule has 0 fully saturated rings. The van der Waals surface area contributed by atoms with Gasteiger partial charge in [-0.25, -0.2) is 4.79 Å². The number of carbonyl (C=O) groups excluding carboxylic acids is 3. The predicted octanol–water partition coefficient (Wildman–Crippen LogP) is -0.907. The summed E-state index contributed by atoms with van der Waals surface area (Å²) in [6.07, 6.45) is -1.66. The van der Waals surface area contributed by atoms with E-state index >= 15 is 0 Å². The Morgan fingerprint density at radius 3 is 1.95 bits per heavy atom. The first-order valence-corrected chi connectivity index (χ1v) is 11.8. The number of aliphatic carboxylic acids is 2. The molecule has 1 rings (SSSR count). The Morgan fingerprint density at radius 1 is 0.892 bits per heavy atom. The van der Waals surface area contributed by atoms with Gasteiger partial charge in [0.2, 0.25) is 17.7 Å². The number of amides is 3. The highest BCUT2D eigenvalue weighted by molar-refractivity contribution is 5.94. The molecule has 0 aliphatic rings. The average molecular weight is 525 g/mol. The number of benzene rings is 1. The van der Waals surface area contributed by atoms with Crippen molar-refractivity contribution in [3.63, 3.8) is 0 Å². The second kappa shape index (κ2) is 14.8. The summed E-state index contributed by atoms with van der Waals surface area (Å²) in [6, 6.07) is 0.623. The minimum atomic E-state index is -1.48. The molecule has 0 aromatic heterocycles. The van der Waals surface area contributed by atoms with Crippen molar-refractivity contribution in [1.29, 1.82) is 0 Å². The topological polar surface area (TPSA) is 228 Å². The number of phenols is 1. The molecule has 13 heteroatoms. The van der Waals surface area contributed by atoms with Crippen molar-refractivity contribution >= 4 is 29.7 Å². The van der Waals surface area contributed by atoms with Crippen LogP contribution in [0.4, 0.5) is 0 Å². The van der Waals surface area contributed by atoms with Crippen LogP contribution in [0.2, 0.25) is 0 Å². The molecule has 0 bridgehead atoms. The molecule has 6 unspecified atom stereocenters. The molecule has 0 saturated carbocycles. The number of rotatable bonds is 15. The fraction of sp³-hybridized carbons (Fsp3) is 0.542. The minimum absolute atomic E-state index is 0.00527. The van der Waals surface area contributed by atoms with Crippen LogP contribution in [0.15, 0.2) is 24.3 Å². The van der Waals surface area contributed by atoms with E-state index in [2.05, 4.69) is 16.0 Å². The van der Waals surface area contributed by atoms with E-state index in [1.807, 2.05) is 0 Å². The Morgan fingerprint density at radius 2 is 1.46 bits per heavy atom. The summed E-state index contributed by atoms with van der Waals surface area (Å²) >= 11 is 0. The van der Waals surface area contributed by atoms with E-state index in [4.69, 9.17) is 10.8 Å². The Balaban J connectivity index is 3.16. The number of hydrogen-bond acceptors (Lipinski definition) is 8. The molecule has 3 amide bonds. The number of aliphatic hydroxyl groups is 1. The molecule has 9 N–H and O–H groups in total. The fourth-order valence-electron chi connectivity index (χ4n) is 3.31. The summed E-state index contributed by atoms with van der Waals surface area (Å²) in [5, 5.41) is 44.7. The summed E-state index contributed by atoms with van der Waals surface area (Å²) in [6.45, 7) is 4.73. The molecule has 0 heterocycles. The van der Waals surface area contributed by atoms with Crippen LogP contribution >= 0.6 is 0 Å². The molecule has 0 saturated heterocycles. The van der Waals surface area contributed by atoms with Crippen molar-refractivity contribution in [1.82, 2.24) is 16.0 Å². The van der Waals surface area contributed by atoms with Crippen LogP contribution in [0.25, 0.3) is 0 Å². The first-order chi connectivity index (χ1) is 17.3. The molecule has 0 aliphatic heterocycles. The van der Waals surface area contributed by atoms with E-state index in [1.165, 1.54) is 31.2 Å². The number of hydrogen-bond donors (Lipinski definition) is 8. The summed E-state index contributed by atoms with van der Waals surface area (Å²) in [7, 11) is 0. The second-order valence-electron chi connectivity index (χ2n) is 8.90. The molecule has 13 nitrogen and oxygen atoms in total. The monoisotopic (exact) mass is 524 g/mol. The van der Waals surface area contributed by atoms with Gasteiger partial charge in [0, 0.05) is 12.8 Å². The highest BCUT2D eigenvalue weighted by Crippen LogP contribution is 2.14. The summed E-state index contributed by atoms with van der Waals surface area (Å²) in [5.41, 5.74) is 6.25. The molecule has 0 radical (unpaired) electrons. The van der Waals surface area contributed by atoms with Crippen LogP contribution in [0.1, 0.15) is 45.6 Å². The van der Waals surface area contributed by atoms with Crippen molar-refractivity contribution in [2.24, 2.45) is 11.7 Å². The molecule has 37 heavy (non-hydrogen) atoms. The maximum atomic E-state index is 13.3. The van der Waals surface area contributed by atoms with Crippen molar-refractivity contribution in [3.8, 4) is 5.75 Å². The first-order valence-electron chi connectivity index (χ1n) is 11.8. The number of nitrogens with two attached hydrogens (primary N) is 1. The molecule has 0 aliphatic carbocycles. The third kappa shape index (κ3) is 10.4. The lowest BCUT2D eigenvalue weighted by atomic mass is 9.96. The Bertz CT molecular complexity index is 952.